The Hall–Kier alpha value is -2.76. The first kappa shape index (κ1) is 19.6. The Labute approximate surface area is 154 Å². The molecule has 0 aliphatic carbocycles. The number of benzene rings is 1. The summed E-state index contributed by atoms with van der Waals surface area (Å²) in [6.07, 6.45) is -0.616. The monoisotopic (exact) mass is 358 g/mol. The molecule has 6 heteroatoms. The number of rotatable bonds is 7. The van der Waals surface area contributed by atoms with Crippen LogP contribution >= 0.6 is 0 Å². The van der Waals surface area contributed by atoms with Crippen LogP contribution in [0.4, 0.5) is 0 Å². The first-order chi connectivity index (χ1) is 12.3. The predicted molar refractivity (Wildman–Crippen MR) is 99.0 cm³/mol. The van der Waals surface area contributed by atoms with Crippen LogP contribution in [0.2, 0.25) is 0 Å². The Bertz CT molecular complexity index is 765. The van der Waals surface area contributed by atoms with E-state index in [0.717, 1.165) is 5.56 Å². The summed E-state index contributed by atoms with van der Waals surface area (Å²) >= 11 is 0. The molecule has 0 saturated carbocycles. The third kappa shape index (κ3) is 5.12. The quantitative estimate of drug-likeness (QED) is 0.826. The Balaban J connectivity index is 1.98. The van der Waals surface area contributed by atoms with E-state index in [9.17, 15) is 9.59 Å². The van der Waals surface area contributed by atoms with Crippen molar-refractivity contribution in [3.05, 3.63) is 53.5 Å². The van der Waals surface area contributed by atoms with Gasteiger partial charge in [0.05, 0.1) is 6.54 Å². The number of aryl methyl sites for hydroxylation is 1. The molecule has 0 bridgehead atoms. The second-order valence-corrected chi connectivity index (χ2v) is 6.78. The lowest BCUT2D eigenvalue weighted by Crippen LogP contribution is -2.41. The van der Waals surface area contributed by atoms with Crippen molar-refractivity contribution in [2.45, 2.75) is 33.4 Å². The van der Waals surface area contributed by atoms with Crippen molar-refractivity contribution < 1.29 is 18.7 Å². The number of carbonyl (C=O) groups excluding carboxylic acids is 2. The number of hydrogen-bond acceptors (Lipinski definition) is 4. The van der Waals surface area contributed by atoms with E-state index in [0.29, 0.717) is 11.5 Å². The number of amides is 2. The lowest BCUT2D eigenvalue weighted by molar-refractivity contribution is -0.130. The SMILES string of the molecule is Cc1cccc(OC(C(=O)NCc2ccc(C(=O)N(C)C)o2)C(C)C)c1. The Morgan fingerprint density at radius 3 is 2.54 bits per heavy atom. The molecule has 0 saturated heterocycles. The fourth-order valence-corrected chi connectivity index (χ4v) is 2.41. The zero-order chi connectivity index (χ0) is 19.3. The topological polar surface area (TPSA) is 71.8 Å². The lowest BCUT2D eigenvalue weighted by Gasteiger charge is -2.22. The van der Waals surface area contributed by atoms with Gasteiger partial charge >= 0.3 is 0 Å². The van der Waals surface area contributed by atoms with Gasteiger partial charge in [-0.2, -0.15) is 0 Å². The van der Waals surface area contributed by atoms with Crippen LogP contribution in [0.15, 0.2) is 40.8 Å². The molecule has 0 fully saturated rings. The number of hydrogen-bond donors (Lipinski definition) is 1. The van der Waals surface area contributed by atoms with Crippen molar-refractivity contribution in [3.8, 4) is 5.75 Å². The summed E-state index contributed by atoms with van der Waals surface area (Å²) in [5, 5.41) is 2.81. The average Bonchev–Trinajstić information content (AvgIpc) is 3.05. The molecule has 0 spiro atoms. The van der Waals surface area contributed by atoms with Gasteiger partial charge in [0.15, 0.2) is 11.9 Å². The first-order valence-corrected chi connectivity index (χ1v) is 8.59. The summed E-state index contributed by atoms with van der Waals surface area (Å²) in [4.78, 5) is 25.8. The van der Waals surface area contributed by atoms with Crippen molar-refractivity contribution in [2.24, 2.45) is 5.92 Å². The van der Waals surface area contributed by atoms with Gasteiger partial charge in [-0.05, 0) is 42.7 Å². The van der Waals surface area contributed by atoms with Crippen molar-refractivity contribution in [3.63, 3.8) is 0 Å². The molecule has 0 aliphatic heterocycles. The minimum absolute atomic E-state index is 0.00186. The molecule has 1 atom stereocenters. The summed E-state index contributed by atoms with van der Waals surface area (Å²) in [5.74, 6) is 0.981. The van der Waals surface area contributed by atoms with Crippen LogP contribution in [0.1, 0.15) is 35.7 Å². The van der Waals surface area contributed by atoms with Crippen LogP contribution in [0, 0.1) is 12.8 Å². The smallest absolute Gasteiger partial charge is 0.289 e. The number of furan rings is 1. The molecular formula is C20H26N2O4. The Morgan fingerprint density at radius 1 is 1.19 bits per heavy atom. The minimum Gasteiger partial charge on any atom is -0.480 e. The minimum atomic E-state index is -0.616. The standard InChI is InChI=1S/C20H26N2O4/c1-13(2)18(26-15-8-6-7-14(3)11-15)19(23)21-12-16-9-10-17(25-16)20(24)22(4)5/h6-11,13,18H,12H2,1-5H3,(H,21,23). The summed E-state index contributed by atoms with van der Waals surface area (Å²) < 4.78 is 11.4. The van der Waals surface area contributed by atoms with Crippen molar-refractivity contribution in [2.75, 3.05) is 14.1 Å². The van der Waals surface area contributed by atoms with Gasteiger partial charge in [0.2, 0.25) is 0 Å². The molecule has 2 aromatic rings. The molecule has 1 unspecified atom stereocenters. The number of ether oxygens (including phenoxy) is 1. The molecule has 140 valence electrons. The Morgan fingerprint density at radius 2 is 1.92 bits per heavy atom. The predicted octanol–water partition coefficient (Wildman–Crippen LogP) is 3.01. The first-order valence-electron chi connectivity index (χ1n) is 8.59. The van der Waals surface area contributed by atoms with Crippen LogP contribution < -0.4 is 10.1 Å². The van der Waals surface area contributed by atoms with Crippen LogP contribution in [0.5, 0.6) is 5.75 Å². The van der Waals surface area contributed by atoms with Gasteiger partial charge in [-0.25, -0.2) is 0 Å². The third-order valence-electron chi connectivity index (χ3n) is 3.83. The van der Waals surface area contributed by atoms with Crippen molar-refractivity contribution >= 4 is 11.8 Å². The van der Waals surface area contributed by atoms with Crippen molar-refractivity contribution in [1.29, 1.82) is 0 Å². The maximum atomic E-state index is 12.5. The summed E-state index contributed by atoms with van der Waals surface area (Å²) in [6, 6.07) is 10.9. The van der Waals surface area contributed by atoms with Gasteiger partial charge in [0.25, 0.3) is 11.8 Å². The van der Waals surface area contributed by atoms with Crippen LogP contribution in [-0.2, 0) is 11.3 Å². The van der Waals surface area contributed by atoms with Crippen molar-refractivity contribution in [1.82, 2.24) is 10.2 Å². The van der Waals surface area contributed by atoms with E-state index >= 15 is 0 Å². The molecule has 1 N–H and O–H groups in total. The molecule has 1 aromatic carbocycles. The molecule has 1 heterocycles. The molecule has 6 nitrogen and oxygen atoms in total. The third-order valence-corrected chi connectivity index (χ3v) is 3.83. The maximum Gasteiger partial charge on any atom is 0.289 e. The molecule has 2 rings (SSSR count). The largest absolute Gasteiger partial charge is 0.480 e. The molecule has 0 aliphatic rings. The average molecular weight is 358 g/mol. The fourth-order valence-electron chi connectivity index (χ4n) is 2.41. The zero-order valence-corrected chi connectivity index (χ0v) is 15.9. The molecular weight excluding hydrogens is 332 g/mol. The van der Waals surface area contributed by atoms with E-state index in [4.69, 9.17) is 9.15 Å². The van der Waals surface area contributed by atoms with E-state index < -0.39 is 6.10 Å². The highest BCUT2D eigenvalue weighted by Gasteiger charge is 2.24. The number of nitrogens with one attached hydrogen (secondary N) is 1. The van der Waals surface area contributed by atoms with Gasteiger partial charge in [-0.3, -0.25) is 9.59 Å². The highest BCUT2D eigenvalue weighted by molar-refractivity contribution is 5.91. The second kappa shape index (κ2) is 8.56. The zero-order valence-electron chi connectivity index (χ0n) is 15.9. The van der Waals surface area contributed by atoms with Gasteiger partial charge in [0, 0.05) is 14.1 Å². The molecule has 2 amide bonds. The highest BCUT2D eigenvalue weighted by Crippen LogP contribution is 2.18. The maximum absolute atomic E-state index is 12.5. The van der Waals surface area contributed by atoms with Crippen LogP contribution in [0.25, 0.3) is 0 Å². The molecule has 0 radical (unpaired) electrons. The van der Waals surface area contributed by atoms with Crippen LogP contribution in [-0.4, -0.2) is 36.9 Å². The van der Waals surface area contributed by atoms with E-state index in [1.54, 1.807) is 26.2 Å². The lowest BCUT2D eigenvalue weighted by atomic mass is 10.1. The van der Waals surface area contributed by atoms with E-state index in [1.165, 1.54) is 4.90 Å². The summed E-state index contributed by atoms with van der Waals surface area (Å²) in [7, 11) is 3.31. The Kier molecular flexibility index (Phi) is 6.44. The highest BCUT2D eigenvalue weighted by atomic mass is 16.5. The van der Waals surface area contributed by atoms with E-state index in [-0.39, 0.29) is 30.0 Å². The number of carbonyl (C=O) groups is 2. The molecule has 1 aromatic heterocycles. The van der Waals surface area contributed by atoms with E-state index in [1.807, 2.05) is 45.0 Å². The normalized spacial score (nSPS) is 11.9. The number of nitrogens with zero attached hydrogens (tertiary/aromatic N) is 1. The summed E-state index contributed by atoms with van der Waals surface area (Å²) in [6.45, 7) is 6.03. The van der Waals surface area contributed by atoms with Crippen LogP contribution in [0.3, 0.4) is 0 Å². The van der Waals surface area contributed by atoms with Gasteiger partial charge in [-0.15, -0.1) is 0 Å². The fraction of sp³-hybridized carbons (Fsp3) is 0.400. The molecule has 26 heavy (non-hydrogen) atoms. The van der Waals surface area contributed by atoms with Gasteiger partial charge in [0.1, 0.15) is 11.5 Å². The second-order valence-electron chi connectivity index (χ2n) is 6.78. The van der Waals surface area contributed by atoms with E-state index in [2.05, 4.69) is 5.32 Å². The van der Waals surface area contributed by atoms with Gasteiger partial charge in [-0.1, -0.05) is 26.0 Å². The van der Waals surface area contributed by atoms with Gasteiger partial charge < -0.3 is 19.4 Å². The summed E-state index contributed by atoms with van der Waals surface area (Å²) in [5.41, 5.74) is 1.07.